The standard InChI is InChI=1S/C13H13F3O2/c1-11(2,17)10-9(8-6-4-3-5-7-8)12(10,18)13(14,15)16/h3-7,17-18H,1-2H3. The molecule has 0 saturated carbocycles. The van der Waals surface area contributed by atoms with Gasteiger partial charge in [0.1, 0.15) is 0 Å². The van der Waals surface area contributed by atoms with Gasteiger partial charge in [-0.1, -0.05) is 30.3 Å². The predicted molar refractivity (Wildman–Crippen MR) is 60.7 cm³/mol. The van der Waals surface area contributed by atoms with Gasteiger partial charge < -0.3 is 10.2 Å². The monoisotopic (exact) mass is 258 g/mol. The van der Waals surface area contributed by atoms with Crippen LogP contribution in [0.25, 0.3) is 5.57 Å². The minimum Gasteiger partial charge on any atom is -0.386 e. The van der Waals surface area contributed by atoms with Gasteiger partial charge in [-0.05, 0) is 19.4 Å². The fourth-order valence-corrected chi connectivity index (χ4v) is 2.26. The van der Waals surface area contributed by atoms with E-state index >= 15 is 0 Å². The third-order valence-electron chi connectivity index (χ3n) is 3.00. The van der Waals surface area contributed by atoms with Crippen molar-refractivity contribution in [3.05, 3.63) is 41.5 Å². The smallest absolute Gasteiger partial charge is 0.386 e. The molecule has 0 bridgehead atoms. The number of hydrogen-bond acceptors (Lipinski definition) is 2. The van der Waals surface area contributed by atoms with E-state index in [4.69, 9.17) is 0 Å². The molecule has 1 aromatic carbocycles. The van der Waals surface area contributed by atoms with Crippen LogP contribution in [0, 0.1) is 0 Å². The lowest BCUT2D eigenvalue weighted by molar-refractivity contribution is -0.211. The molecule has 0 amide bonds. The van der Waals surface area contributed by atoms with Gasteiger partial charge in [0, 0.05) is 11.1 Å². The van der Waals surface area contributed by atoms with Gasteiger partial charge in [0.05, 0.1) is 5.60 Å². The Kier molecular flexibility index (Phi) is 2.61. The van der Waals surface area contributed by atoms with Crippen LogP contribution in [-0.2, 0) is 0 Å². The van der Waals surface area contributed by atoms with Crippen molar-refractivity contribution in [2.45, 2.75) is 31.2 Å². The van der Waals surface area contributed by atoms with Crippen LogP contribution in [0.1, 0.15) is 19.4 Å². The largest absolute Gasteiger partial charge is 0.425 e. The number of halogens is 3. The number of aliphatic hydroxyl groups is 2. The van der Waals surface area contributed by atoms with Crippen molar-refractivity contribution >= 4 is 5.57 Å². The van der Waals surface area contributed by atoms with Crippen molar-refractivity contribution in [3.63, 3.8) is 0 Å². The quantitative estimate of drug-likeness (QED) is 0.855. The maximum Gasteiger partial charge on any atom is 0.425 e. The summed E-state index contributed by atoms with van der Waals surface area (Å²) in [6, 6.07) is 7.79. The third kappa shape index (κ3) is 1.74. The second-order valence-corrected chi connectivity index (χ2v) is 4.88. The topological polar surface area (TPSA) is 40.5 Å². The van der Waals surface area contributed by atoms with Crippen LogP contribution in [0.5, 0.6) is 0 Å². The van der Waals surface area contributed by atoms with Gasteiger partial charge in [-0.2, -0.15) is 13.2 Å². The van der Waals surface area contributed by atoms with Crippen molar-refractivity contribution in [2.24, 2.45) is 0 Å². The summed E-state index contributed by atoms with van der Waals surface area (Å²) in [4.78, 5) is 0. The van der Waals surface area contributed by atoms with Crippen molar-refractivity contribution < 1.29 is 23.4 Å². The van der Waals surface area contributed by atoms with Gasteiger partial charge in [-0.25, -0.2) is 0 Å². The highest BCUT2D eigenvalue weighted by Crippen LogP contribution is 2.62. The van der Waals surface area contributed by atoms with Crippen molar-refractivity contribution in [3.8, 4) is 0 Å². The molecule has 2 nitrogen and oxygen atoms in total. The van der Waals surface area contributed by atoms with Crippen molar-refractivity contribution in [2.75, 3.05) is 0 Å². The fraction of sp³-hybridized carbons (Fsp3) is 0.385. The lowest BCUT2D eigenvalue weighted by atomic mass is 10.0. The first-order valence-corrected chi connectivity index (χ1v) is 5.42. The number of hydrogen-bond donors (Lipinski definition) is 2. The van der Waals surface area contributed by atoms with E-state index < -0.39 is 17.4 Å². The third-order valence-corrected chi connectivity index (χ3v) is 3.00. The summed E-state index contributed by atoms with van der Waals surface area (Å²) in [6.07, 6.45) is -4.83. The van der Waals surface area contributed by atoms with E-state index in [2.05, 4.69) is 0 Å². The van der Waals surface area contributed by atoms with Gasteiger partial charge in [-0.15, -0.1) is 0 Å². The molecule has 1 atom stereocenters. The van der Waals surface area contributed by atoms with E-state index in [-0.39, 0.29) is 16.7 Å². The zero-order valence-electron chi connectivity index (χ0n) is 9.92. The molecule has 0 aliphatic heterocycles. The molecule has 0 heterocycles. The first-order chi connectivity index (χ1) is 8.10. The molecule has 1 aromatic rings. The summed E-state index contributed by atoms with van der Waals surface area (Å²) >= 11 is 0. The molecule has 98 valence electrons. The van der Waals surface area contributed by atoms with Crippen LogP contribution in [0.3, 0.4) is 0 Å². The van der Waals surface area contributed by atoms with E-state index in [1.807, 2.05) is 0 Å². The summed E-state index contributed by atoms with van der Waals surface area (Å²) < 4.78 is 38.8. The van der Waals surface area contributed by atoms with Crippen LogP contribution >= 0.6 is 0 Å². The van der Waals surface area contributed by atoms with Gasteiger partial charge in [0.15, 0.2) is 0 Å². The molecule has 0 spiro atoms. The molecule has 2 rings (SSSR count). The molecule has 0 saturated heterocycles. The van der Waals surface area contributed by atoms with Gasteiger partial charge in [0.25, 0.3) is 0 Å². The van der Waals surface area contributed by atoms with Crippen LogP contribution in [0.4, 0.5) is 13.2 Å². The number of benzene rings is 1. The highest BCUT2D eigenvalue weighted by Gasteiger charge is 2.72. The summed E-state index contributed by atoms with van der Waals surface area (Å²) in [5, 5.41) is 19.6. The average molecular weight is 258 g/mol. The van der Waals surface area contributed by atoms with Crippen molar-refractivity contribution in [1.29, 1.82) is 0 Å². The lowest BCUT2D eigenvalue weighted by Gasteiger charge is -2.22. The zero-order valence-corrected chi connectivity index (χ0v) is 9.92. The Morgan fingerprint density at radius 2 is 1.56 bits per heavy atom. The first-order valence-electron chi connectivity index (χ1n) is 5.42. The van der Waals surface area contributed by atoms with E-state index in [1.165, 1.54) is 26.0 Å². The highest BCUT2D eigenvalue weighted by atomic mass is 19.4. The van der Waals surface area contributed by atoms with Crippen LogP contribution < -0.4 is 0 Å². The Bertz CT molecular complexity index is 497. The molecule has 5 heteroatoms. The maximum absolute atomic E-state index is 12.9. The Balaban J connectivity index is 2.53. The Morgan fingerprint density at radius 3 is 1.89 bits per heavy atom. The van der Waals surface area contributed by atoms with E-state index in [0.29, 0.717) is 0 Å². The zero-order chi connectivity index (χ0) is 13.8. The Labute approximate surface area is 102 Å². The average Bonchev–Trinajstić information content (AvgIpc) is 2.87. The molecular weight excluding hydrogens is 245 g/mol. The van der Waals surface area contributed by atoms with Crippen LogP contribution in [0.2, 0.25) is 0 Å². The summed E-state index contributed by atoms with van der Waals surface area (Å²) in [6.45, 7) is 2.46. The van der Waals surface area contributed by atoms with Crippen LogP contribution in [0.15, 0.2) is 35.9 Å². The molecule has 1 aliphatic rings. The minimum absolute atomic E-state index is 0.247. The molecular formula is C13H13F3O2. The van der Waals surface area contributed by atoms with Gasteiger partial charge >= 0.3 is 6.18 Å². The molecule has 0 aromatic heterocycles. The van der Waals surface area contributed by atoms with Crippen LogP contribution in [-0.4, -0.2) is 27.6 Å². The molecule has 0 radical (unpaired) electrons. The van der Waals surface area contributed by atoms with E-state index in [1.54, 1.807) is 18.2 Å². The molecule has 1 unspecified atom stereocenters. The van der Waals surface area contributed by atoms with Gasteiger partial charge in [0.2, 0.25) is 5.60 Å². The SMILES string of the molecule is CC(C)(O)C1=C(c2ccccc2)C1(O)C(F)(F)F. The second kappa shape index (κ2) is 3.59. The normalized spacial score (nSPS) is 24.4. The molecule has 1 aliphatic carbocycles. The molecule has 2 N–H and O–H groups in total. The maximum atomic E-state index is 12.9. The highest BCUT2D eigenvalue weighted by molar-refractivity contribution is 5.95. The van der Waals surface area contributed by atoms with Crippen molar-refractivity contribution in [1.82, 2.24) is 0 Å². The predicted octanol–water partition coefficient (Wildman–Crippen LogP) is 2.52. The summed E-state index contributed by atoms with van der Waals surface area (Å²) in [5.74, 6) is 0. The minimum atomic E-state index is -4.83. The Hall–Kier alpha value is -1.33. The summed E-state index contributed by atoms with van der Waals surface area (Å²) in [5.41, 5.74) is -5.08. The number of rotatable bonds is 2. The van der Waals surface area contributed by atoms with E-state index in [9.17, 15) is 23.4 Å². The molecule has 0 fully saturated rings. The Morgan fingerprint density at radius 1 is 1.06 bits per heavy atom. The number of alkyl halides is 3. The first kappa shape index (κ1) is 13.1. The molecule has 18 heavy (non-hydrogen) atoms. The lowest BCUT2D eigenvalue weighted by Crippen LogP contribution is -2.39. The second-order valence-electron chi connectivity index (χ2n) is 4.88. The van der Waals surface area contributed by atoms with Gasteiger partial charge in [-0.3, -0.25) is 0 Å². The van der Waals surface area contributed by atoms with E-state index in [0.717, 1.165) is 0 Å². The summed E-state index contributed by atoms with van der Waals surface area (Å²) in [7, 11) is 0. The fourth-order valence-electron chi connectivity index (χ4n) is 2.26.